The van der Waals surface area contributed by atoms with Crippen molar-refractivity contribution in [2.24, 2.45) is 0 Å². The minimum Gasteiger partial charge on any atom is -0.454 e. The Kier molecular flexibility index (Phi) is 5.67. The quantitative estimate of drug-likeness (QED) is 0.712. The number of ether oxygens (including phenoxy) is 2. The zero-order valence-electron chi connectivity index (χ0n) is 16.9. The second-order valence-electron chi connectivity index (χ2n) is 8.52. The Hall–Kier alpha value is -1.75. The molecule has 1 saturated heterocycles. The van der Waals surface area contributed by atoms with E-state index in [1.54, 1.807) is 0 Å². The molecule has 0 amide bonds. The molecule has 0 bridgehead atoms. The molecule has 2 aliphatic heterocycles. The fraction of sp³-hybridized carbons (Fsp3) is 0.500. The number of nitrogens with zero attached hydrogens (tertiary/aromatic N) is 2. The van der Waals surface area contributed by atoms with Gasteiger partial charge in [-0.15, -0.1) is 0 Å². The fourth-order valence-electron chi connectivity index (χ4n) is 5.10. The number of benzene rings is 2. The maximum Gasteiger partial charge on any atom is 0.231 e. The van der Waals surface area contributed by atoms with Crippen molar-refractivity contribution in [1.29, 1.82) is 0 Å². The molecule has 0 aromatic heterocycles. The number of fused-ring (bicyclic) bond motifs is 1. The van der Waals surface area contributed by atoms with Gasteiger partial charge in [0.2, 0.25) is 6.79 Å². The first-order valence-electron chi connectivity index (χ1n) is 10.9. The van der Waals surface area contributed by atoms with Gasteiger partial charge in [-0.2, -0.15) is 0 Å². The van der Waals surface area contributed by atoms with Crippen molar-refractivity contribution in [2.45, 2.75) is 44.2 Å². The monoisotopic (exact) mass is 412 g/mol. The van der Waals surface area contributed by atoms with Gasteiger partial charge in [0.15, 0.2) is 11.5 Å². The van der Waals surface area contributed by atoms with Crippen LogP contribution in [0.2, 0.25) is 5.02 Å². The largest absolute Gasteiger partial charge is 0.454 e. The molecule has 2 aromatic rings. The van der Waals surface area contributed by atoms with Crippen LogP contribution in [0.3, 0.4) is 0 Å². The Balaban J connectivity index is 1.11. The van der Waals surface area contributed by atoms with Crippen LogP contribution in [-0.2, 0) is 6.54 Å². The Labute approximate surface area is 178 Å². The van der Waals surface area contributed by atoms with E-state index in [-0.39, 0.29) is 0 Å². The third-order valence-electron chi connectivity index (χ3n) is 6.84. The number of halogens is 1. The van der Waals surface area contributed by atoms with Crippen molar-refractivity contribution < 1.29 is 9.47 Å². The molecule has 0 N–H and O–H groups in total. The molecule has 0 atom stereocenters. The first-order valence-corrected chi connectivity index (χ1v) is 11.2. The van der Waals surface area contributed by atoms with Crippen LogP contribution in [0.5, 0.6) is 11.5 Å². The van der Waals surface area contributed by atoms with Crippen molar-refractivity contribution in [3.8, 4) is 11.5 Å². The summed E-state index contributed by atoms with van der Waals surface area (Å²) in [5, 5.41) is 0.886. The lowest BCUT2D eigenvalue weighted by Gasteiger charge is -2.42. The van der Waals surface area contributed by atoms with E-state index in [9.17, 15) is 0 Å². The molecule has 154 valence electrons. The van der Waals surface area contributed by atoms with Crippen LogP contribution in [0.15, 0.2) is 42.5 Å². The summed E-state index contributed by atoms with van der Waals surface area (Å²) >= 11 is 6.34. The molecular formula is C24H29ClN2O2. The highest BCUT2D eigenvalue weighted by molar-refractivity contribution is 6.31. The number of hydrogen-bond acceptors (Lipinski definition) is 4. The van der Waals surface area contributed by atoms with Gasteiger partial charge in [-0.1, -0.05) is 35.9 Å². The molecule has 2 fully saturated rings. The van der Waals surface area contributed by atoms with Crippen molar-refractivity contribution in [2.75, 3.05) is 33.0 Å². The first kappa shape index (κ1) is 19.2. The van der Waals surface area contributed by atoms with Gasteiger partial charge in [-0.25, -0.2) is 0 Å². The maximum atomic E-state index is 6.34. The molecule has 5 rings (SSSR count). The van der Waals surface area contributed by atoms with Crippen molar-refractivity contribution >= 4 is 11.6 Å². The topological polar surface area (TPSA) is 24.9 Å². The Bertz CT molecular complexity index is 843. The predicted molar refractivity (Wildman–Crippen MR) is 116 cm³/mol. The van der Waals surface area contributed by atoms with Gasteiger partial charge < -0.3 is 9.47 Å². The van der Waals surface area contributed by atoms with Gasteiger partial charge in [0.25, 0.3) is 0 Å². The zero-order chi connectivity index (χ0) is 19.6. The van der Waals surface area contributed by atoms with E-state index in [0.717, 1.165) is 42.2 Å². The van der Waals surface area contributed by atoms with Gasteiger partial charge in [-0.05, 0) is 60.9 Å². The predicted octanol–water partition coefficient (Wildman–Crippen LogP) is 4.91. The molecule has 0 unspecified atom stereocenters. The van der Waals surface area contributed by atoms with Gasteiger partial charge in [0.05, 0.1) is 0 Å². The Morgan fingerprint density at radius 3 is 2.41 bits per heavy atom. The summed E-state index contributed by atoms with van der Waals surface area (Å²) in [6, 6.07) is 15.5. The van der Waals surface area contributed by atoms with Crippen LogP contribution in [-0.4, -0.2) is 48.8 Å². The number of hydrogen-bond donors (Lipinski definition) is 0. The first-order chi connectivity index (χ1) is 14.3. The summed E-state index contributed by atoms with van der Waals surface area (Å²) in [6.07, 6.45) is 5.13. The lowest BCUT2D eigenvalue weighted by Crippen LogP contribution is -2.50. The normalized spacial score (nSPS) is 25.3. The Morgan fingerprint density at radius 1 is 0.862 bits per heavy atom. The zero-order valence-corrected chi connectivity index (χ0v) is 17.6. The van der Waals surface area contributed by atoms with Crippen LogP contribution in [0.1, 0.15) is 42.7 Å². The number of rotatable bonds is 4. The van der Waals surface area contributed by atoms with Crippen LogP contribution in [0.25, 0.3) is 0 Å². The molecule has 5 heteroatoms. The number of piperazine rings is 1. The lowest BCUT2D eigenvalue weighted by atomic mass is 9.81. The molecular weight excluding hydrogens is 384 g/mol. The summed E-state index contributed by atoms with van der Waals surface area (Å²) in [7, 11) is 0. The van der Waals surface area contributed by atoms with Crippen LogP contribution < -0.4 is 9.47 Å². The minimum atomic E-state index is 0.355. The maximum absolute atomic E-state index is 6.34. The second-order valence-corrected chi connectivity index (χ2v) is 8.93. The molecule has 1 saturated carbocycles. The average Bonchev–Trinajstić information content (AvgIpc) is 3.24. The smallest absolute Gasteiger partial charge is 0.231 e. The average molecular weight is 413 g/mol. The highest BCUT2D eigenvalue weighted by atomic mass is 35.5. The summed E-state index contributed by atoms with van der Waals surface area (Å²) in [6.45, 7) is 5.92. The lowest BCUT2D eigenvalue weighted by molar-refractivity contribution is 0.0727. The Morgan fingerprint density at radius 2 is 1.62 bits per heavy atom. The van der Waals surface area contributed by atoms with Crippen LogP contribution in [0, 0.1) is 0 Å². The summed E-state index contributed by atoms with van der Waals surface area (Å²) in [5.41, 5.74) is 2.66. The second kappa shape index (κ2) is 8.55. The van der Waals surface area contributed by atoms with E-state index in [4.69, 9.17) is 21.1 Å². The van der Waals surface area contributed by atoms with Gasteiger partial charge >= 0.3 is 0 Å². The SMILES string of the molecule is Clc1ccccc1CN1CCN(C2CCC(c3ccc4c(c3)OCO4)CC2)CC1. The molecule has 4 nitrogen and oxygen atoms in total. The summed E-state index contributed by atoms with van der Waals surface area (Å²) in [4.78, 5) is 5.26. The standard InChI is InChI=1S/C24H29ClN2O2/c25-22-4-2-1-3-20(22)16-26-11-13-27(14-12-26)21-8-5-18(6-9-21)19-7-10-23-24(15-19)29-17-28-23/h1-4,7,10,15,18,21H,5-6,8-9,11-14,16-17H2. The molecule has 2 aromatic carbocycles. The fourth-order valence-corrected chi connectivity index (χ4v) is 5.29. The van der Waals surface area contributed by atoms with Gasteiger partial charge in [-0.3, -0.25) is 9.80 Å². The molecule has 29 heavy (non-hydrogen) atoms. The van der Waals surface area contributed by atoms with E-state index in [0.29, 0.717) is 12.7 Å². The van der Waals surface area contributed by atoms with Crippen LogP contribution >= 0.6 is 11.6 Å². The van der Waals surface area contributed by atoms with Crippen molar-refractivity contribution in [1.82, 2.24) is 9.80 Å². The highest BCUT2D eigenvalue weighted by Gasteiger charge is 2.29. The summed E-state index contributed by atoms with van der Waals surface area (Å²) < 4.78 is 11.0. The highest BCUT2D eigenvalue weighted by Crippen LogP contribution is 2.40. The summed E-state index contributed by atoms with van der Waals surface area (Å²) in [5.74, 6) is 2.46. The third-order valence-corrected chi connectivity index (χ3v) is 7.21. The van der Waals surface area contributed by atoms with E-state index >= 15 is 0 Å². The van der Waals surface area contributed by atoms with E-state index in [1.807, 2.05) is 12.1 Å². The van der Waals surface area contributed by atoms with Crippen molar-refractivity contribution in [3.63, 3.8) is 0 Å². The minimum absolute atomic E-state index is 0.355. The molecule has 3 aliphatic rings. The third kappa shape index (κ3) is 4.25. The van der Waals surface area contributed by atoms with Gasteiger partial charge in [0, 0.05) is 43.8 Å². The van der Waals surface area contributed by atoms with Gasteiger partial charge in [0.1, 0.15) is 0 Å². The molecule has 0 spiro atoms. The molecule has 1 aliphatic carbocycles. The van der Waals surface area contributed by atoms with E-state index in [1.165, 1.54) is 49.9 Å². The van der Waals surface area contributed by atoms with E-state index in [2.05, 4.69) is 40.1 Å². The molecule has 2 heterocycles. The van der Waals surface area contributed by atoms with Crippen molar-refractivity contribution in [3.05, 3.63) is 58.6 Å². The van der Waals surface area contributed by atoms with E-state index < -0.39 is 0 Å². The molecule has 0 radical (unpaired) electrons. The van der Waals surface area contributed by atoms with Crippen LogP contribution in [0.4, 0.5) is 0 Å².